The monoisotopic (exact) mass is 321 g/mol. The Balaban J connectivity index is 2.07. The van der Waals surface area contributed by atoms with E-state index in [0.717, 1.165) is 18.4 Å². The Hall–Kier alpha value is -1.66. The summed E-state index contributed by atoms with van der Waals surface area (Å²) in [5.41, 5.74) is 2.25. The van der Waals surface area contributed by atoms with Crippen LogP contribution in [0.25, 0.3) is 0 Å². The van der Waals surface area contributed by atoms with Crippen molar-refractivity contribution in [2.75, 3.05) is 10.8 Å². The van der Waals surface area contributed by atoms with Gasteiger partial charge in [-0.3, -0.25) is 9.10 Å². The molecule has 0 atom stereocenters. The van der Waals surface area contributed by atoms with Crippen molar-refractivity contribution in [1.82, 2.24) is 0 Å². The summed E-state index contributed by atoms with van der Waals surface area (Å²) in [5.74, 6) is -0.00367. The van der Waals surface area contributed by atoms with E-state index < -0.39 is 10.0 Å². The highest BCUT2D eigenvalue weighted by Gasteiger charge is 2.29. The highest BCUT2D eigenvalue weighted by molar-refractivity contribution is 7.94. The summed E-state index contributed by atoms with van der Waals surface area (Å²) >= 11 is 1.22. The van der Waals surface area contributed by atoms with Gasteiger partial charge in [0.2, 0.25) is 0 Å². The number of carbonyl (C=O) groups excluding carboxylic acids is 1. The number of hydrogen-bond donors (Lipinski definition) is 0. The van der Waals surface area contributed by atoms with E-state index in [-0.39, 0.29) is 5.78 Å². The number of benzene rings is 1. The first-order valence-corrected chi connectivity index (χ1v) is 9.02. The molecule has 0 aliphatic carbocycles. The van der Waals surface area contributed by atoms with Crippen molar-refractivity contribution in [3.05, 3.63) is 46.8 Å². The topological polar surface area (TPSA) is 54.5 Å². The van der Waals surface area contributed by atoms with Gasteiger partial charge in [-0.1, -0.05) is 6.07 Å². The van der Waals surface area contributed by atoms with Gasteiger partial charge in [-0.25, -0.2) is 8.42 Å². The smallest absolute Gasteiger partial charge is 0.273 e. The van der Waals surface area contributed by atoms with E-state index in [0.29, 0.717) is 22.0 Å². The van der Waals surface area contributed by atoms with E-state index >= 15 is 0 Å². The average Bonchev–Trinajstić information content (AvgIpc) is 3.00. The molecule has 0 amide bonds. The maximum absolute atomic E-state index is 12.7. The van der Waals surface area contributed by atoms with Crippen LogP contribution in [0.5, 0.6) is 0 Å². The zero-order valence-corrected chi connectivity index (χ0v) is 13.2. The lowest BCUT2D eigenvalue weighted by atomic mass is 9.99. The molecule has 1 aliphatic rings. The minimum atomic E-state index is -3.50. The van der Waals surface area contributed by atoms with Gasteiger partial charge < -0.3 is 0 Å². The van der Waals surface area contributed by atoms with Crippen LogP contribution >= 0.6 is 11.3 Å². The summed E-state index contributed by atoms with van der Waals surface area (Å²) in [5, 5.41) is 1.76. The van der Waals surface area contributed by atoms with E-state index in [1.165, 1.54) is 22.6 Å². The molecule has 2 heterocycles. The second kappa shape index (κ2) is 5.27. The Morgan fingerprint density at radius 3 is 2.76 bits per heavy atom. The van der Waals surface area contributed by atoms with Gasteiger partial charge in [0, 0.05) is 12.1 Å². The lowest BCUT2D eigenvalue weighted by molar-refractivity contribution is 0.101. The van der Waals surface area contributed by atoms with Crippen LogP contribution < -0.4 is 4.31 Å². The quantitative estimate of drug-likeness (QED) is 0.816. The molecular weight excluding hydrogens is 306 g/mol. The first-order chi connectivity index (χ1) is 10.00. The van der Waals surface area contributed by atoms with Crippen molar-refractivity contribution in [2.24, 2.45) is 0 Å². The first-order valence-electron chi connectivity index (χ1n) is 6.70. The summed E-state index contributed by atoms with van der Waals surface area (Å²) in [4.78, 5) is 11.5. The molecule has 0 fully saturated rings. The number of rotatable bonds is 3. The van der Waals surface area contributed by atoms with Gasteiger partial charge in [-0.15, -0.1) is 11.3 Å². The third-order valence-corrected chi connectivity index (χ3v) is 6.79. The Bertz CT molecular complexity index is 779. The summed E-state index contributed by atoms with van der Waals surface area (Å²) in [7, 11) is -3.50. The zero-order chi connectivity index (χ0) is 15.0. The highest BCUT2D eigenvalue weighted by Crippen LogP contribution is 2.33. The Morgan fingerprint density at radius 1 is 1.29 bits per heavy atom. The van der Waals surface area contributed by atoms with Gasteiger partial charge in [0.25, 0.3) is 10.0 Å². The Morgan fingerprint density at radius 2 is 2.10 bits per heavy atom. The third-order valence-electron chi connectivity index (χ3n) is 3.60. The fourth-order valence-electron chi connectivity index (χ4n) is 2.55. The number of fused-ring (bicyclic) bond motifs is 1. The second-order valence-corrected chi connectivity index (χ2v) is 8.05. The molecule has 110 valence electrons. The van der Waals surface area contributed by atoms with Crippen LogP contribution in [0.15, 0.2) is 39.9 Å². The van der Waals surface area contributed by atoms with Crippen LogP contribution in [0.3, 0.4) is 0 Å². The maximum atomic E-state index is 12.7. The SMILES string of the molecule is CC(=O)c1ccc2c(c1)CCCN2S(=O)(=O)c1cccs1. The fraction of sp³-hybridized carbons (Fsp3) is 0.267. The van der Waals surface area contributed by atoms with Gasteiger partial charge in [0.1, 0.15) is 4.21 Å². The largest absolute Gasteiger partial charge is 0.295 e. The molecule has 0 unspecified atom stereocenters. The molecule has 3 rings (SSSR count). The van der Waals surface area contributed by atoms with Crippen LogP contribution in [0.1, 0.15) is 29.3 Å². The molecular formula is C15H15NO3S2. The summed E-state index contributed by atoms with van der Waals surface area (Å²) in [6.45, 7) is 2.00. The molecule has 0 saturated carbocycles. The van der Waals surface area contributed by atoms with Crippen molar-refractivity contribution < 1.29 is 13.2 Å². The number of hydrogen-bond acceptors (Lipinski definition) is 4. The lowest BCUT2D eigenvalue weighted by Gasteiger charge is -2.30. The Kier molecular flexibility index (Phi) is 3.59. The van der Waals surface area contributed by atoms with Gasteiger partial charge in [0.15, 0.2) is 5.78 Å². The fourth-order valence-corrected chi connectivity index (χ4v) is 5.20. The number of ketones is 1. The summed E-state index contributed by atoms with van der Waals surface area (Å²) < 4.78 is 27.2. The predicted octanol–water partition coefficient (Wildman–Crippen LogP) is 3.09. The number of aryl methyl sites for hydroxylation is 1. The van der Waals surface area contributed by atoms with Gasteiger partial charge in [-0.2, -0.15) is 0 Å². The van der Waals surface area contributed by atoms with E-state index in [2.05, 4.69) is 0 Å². The van der Waals surface area contributed by atoms with E-state index in [1.807, 2.05) is 6.07 Å². The Labute approximate surface area is 128 Å². The summed E-state index contributed by atoms with van der Waals surface area (Å²) in [6.07, 6.45) is 1.56. The van der Waals surface area contributed by atoms with E-state index in [1.54, 1.807) is 29.6 Å². The van der Waals surface area contributed by atoms with Crippen molar-refractivity contribution in [1.29, 1.82) is 0 Å². The van der Waals surface area contributed by atoms with Crippen LogP contribution in [-0.4, -0.2) is 20.7 Å². The van der Waals surface area contributed by atoms with E-state index in [9.17, 15) is 13.2 Å². The van der Waals surface area contributed by atoms with Crippen LogP contribution in [0.2, 0.25) is 0 Å². The van der Waals surface area contributed by atoms with Crippen LogP contribution in [-0.2, 0) is 16.4 Å². The standard InChI is InChI=1S/C15H15NO3S2/c1-11(17)12-6-7-14-13(10-12)4-2-8-16(14)21(18,19)15-5-3-9-20-15/h3,5-7,9-10H,2,4,8H2,1H3. The lowest BCUT2D eigenvalue weighted by Crippen LogP contribution is -2.35. The van der Waals surface area contributed by atoms with Crippen molar-refractivity contribution >= 4 is 32.8 Å². The number of nitrogens with zero attached hydrogens (tertiary/aromatic N) is 1. The molecule has 0 saturated heterocycles. The van der Waals surface area contributed by atoms with Crippen LogP contribution in [0.4, 0.5) is 5.69 Å². The maximum Gasteiger partial charge on any atom is 0.273 e. The third kappa shape index (κ3) is 2.49. The average molecular weight is 321 g/mol. The molecule has 1 aliphatic heterocycles. The summed E-state index contributed by atoms with van der Waals surface area (Å²) in [6, 6.07) is 8.62. The number of sulfonamides is 1. The van der Waals surface area contributed by atoms with E-state index in [4.69, 9.17) is 0 Å². The molecule has 1 aromatic heterocycles. The van der Waals surface area contributed by atoms with Gasteiger partial charge in [-0.05, 0) is 55.0 Å². The number of thiophene rings is 1. The minimum absolute atomic E-state index is 0.00367. The number of anilines is 1. The molecule has 1 aromatic carbocycles. The zero-order valence-electron chi connectivity index (χ0n) is 11.6. The minimum Gasteiger partial charge on any atom is -0.295 e. The predicted molar refractivity (Wildman–Crippen MR) is 83.6 cm³/mol. The molecule has 0 radical (unpaired) electrons. The van der Waals surface area contributed by atoms with Crippen LogP contribution in [0, 0.1) is 0 Å². The van der Waals surface area contributed by atoms with Gasteiger partial charge >= 0.3 is 0 Å². The molecule has 6 heteroatoms. The molecule has 21 heavy (non-hydrogen) atoms. The normalized spacial score (nSPS) is 14.8. The highest BCUT2D eigenvalue weighted by atomic mass is 32.2. The molecule has 0 bridgehead atoms. The second-order valence-electron chi connectivity index (χ2n) is 5.01. The number of Topliss-reactive ketones (excluding diaryl/α,β-unsaturated/α-hetero) is 1. The van der Waals surface area contributed by atoms with Gasteiger partial charge in [0.05, 0.1) is 5.69 Å². The molecule has 2 aromatic rings. The van der Waals surface area contributed by atoms with Crippen molar-refractivity contribution in [3.8, 4) is 0 Å². The number of carbonyl (C=O) groups is 1. The van der Waals surface area contributed by atoms with Crippen molar-refractivity contribution in [2.45, 2.75) is 24.0 Å². The first kappa shape index (κ1) is 14.3. The van der Waals surface area contributed by atoms with Crippen molar-refractivity contribution in [3.63, 3.8) is 0 Å². The molecule has 4 nitrogen and oxygen atoms in total. The molecule has 0 N–H and O–H groups in total. The molecule has 0 spiro atoms.